The molecule has 4 nitrogen and oxygen atoms in total. The van der Waals surface area contributed by atoms with E-state index in [2.05, 4.69) is 5.32 Å². The SMILES string of the molecule is CCOC(=O)c1cc(NC(=O)Cc2ccc(Cl)cc2)ccc1Cl. The molecule has 0 aromatic heterocycles. The lowest BCUT2D eigenvalue weighted by atomic mass is 10.1. The van der Waals surface area contributed by atoms with Crippen LogP contribution in [-0.4, -0.2) is 18.5 Å². The summed E-state index contributed by atoms with van der Waals surface area (Å²) in [7, 11) is 0. The number of hydrogen-bond acceptors (Lipinski definition) is 3. The molecule has 0 aliphatic carbocycles. The van der Waals surface area contributed by atoms with Gasteiger partial charge in [-0.05, 0) is 42.8 Å². The van der Waals surface area contributed by atoms with Gasteiger partial charge in [-0.15, -0.1) is 0 Å². The largest absolute Gasteiger partial charge is 0.462 e. The summed E-state index contributed by atoms with van der Waals surface area (Å²) < 4.78 is 4.93. The number of hydrogen-bond donors (Lipinski definition) is 1. The summed E-state index contributed by atoms with van der Waals surface area (Å²) in [6.45, 7) is 1.96. The van der Waals surface area contributed by atoms with E-state index >= 15 is 0 Å². The van der Waals surface area contributed by atoms with Crippen molar-refractivity contribution < 1.29 is 14.3 Å². The minimum Gasteiger partial charge on any atom is -0.462 e. The smallest absolute Gasteiger partial charge is 0.339 e. The van der Waals surface area contributed by atoms with Crippen molar-refractivity contribution in [3.63, 3.8) is 0 Å². The van der Waals surface area contributed by atoms with Crippen molar-refractivity contribution in [3.8, 4) is 0 Å². The van der Waals surface area contributed by atoms with Gasteiger partial charge >= 0.3 is 5.97 Å². The van der Waals surface area contributed by atoms with Gasteiger partial charge in [0.1, 0.15) is 0 Å². The van der Waals surface area contributed by atoms with E-state index in [4.69, 9.17) is 27.9 Å². The van der Waals surface area contributed by atoms with E-state index in [0.717, 1.165) is 5.56 Å². The highest BCUT2D eigenvalue weighted by molar-refractivity contribution is 6.33. The first-order valence-corrected chi connectivity index (χ1v) is 7.76. The molecule has 0 spiro atoms. The van der Waals surface area contributed by atoms with Crippen LogP contribution in [0, 0.1) is 0 Å². The number of esters is 1. The van der Waals surface area contributed by atoms with Crippen molar-refractivity contribution in [2.24, 2.45) is 0 Å². The number of anilines is 1. The van der Waals surface area contributed by atoms with Crippen molar-refractivity contribution in [2.75, 3.05) is 11.9 Å². The Morgan fingerprint density at radius 1 is 1.09 bits per heavy atom. The van der Waals surface area contributed by atoms with Crippen molar-refractivity contribution in [1.29, 1.82) is 0 Å². The molecule has 23 heavy (non-hydrogen) atoms. The molecule has 0 saturated heterocycles. The van der Waals surface area contributed by atoms with E-state index in [-0.39, 0.29) is 29.5 Å². The van der Waals surface area contributed by atoms with Crippen LogP contribution < -0.4 is 5.32 Å². The molecule has 0 fully saturated rings. The van der Waals surface area contributed by atoms with E-state index in [1.54, 1.807) is 43.3 Å². The molecule has 0 heterocycles. The highest BCUT2D eigenvalue weighted by Gasteiger charge is 2.13. The molecular weight excluding hydrogens is 337 g/mol. The van der Waals surface area contributed by atoms with Crippen LogP contribution in [0.1, 0.15) is 22.8 Å². The van der Waals surface area contributed by atoms with Crippen molar-refractivity contribution in [1.82, 2.24) is 0 Å². The van der Waals surface area contributed by atoms with Gasteiger partial charge in [-0.3, -0.25) is 4.79 Å². The summed E-state index contributed by atoms with van der Waals surface area (Å²) in [5.41, 5.74) is 1.54. The van der Waals surface area contributed by atoms with E-state index in [1.165, 1.54) is 6.07 Å². The number of nitrogens with one attached hydrogen (secondary N) is 1. The first-order chi connectivity index (χ1) is 11.0. The summed E-state index contributed by atoms with van der Waals surface area (Å²) in [5, 5.41) is 3.62. The van der Waals surface area contributed by atoms with Gasteiger partial charge in [-0.1, -0.05) is 35.3 Å². The van der Waals surface area contributed by atoms with Gasteiger partial charge in [0, 0.05) is 10.7 Å². The third kappa shape index (κ3) is 4.98. The van der Waals surface area contributed by atoms with Crippen molar-refractivity contribution in [2.45, 2.75) is 13.3 Å². The van der Waals surface area contributed by atoms with Crippen LogP contribution in [0.3, 0.4) is 0 Å². The molecule has 0 aliphatic heterocycles. The molecule has 0 aliphatic rings. The van der Waals surface area contributed by atoms with Gasteiger partial charge in [-0.2, -0.15) is 0 Å². The quantitative estimate of drug-likeness (QED) is 0.814. The van der Waals surface area contributed by atoms with Crippen LogP contribution in [0.2, 0.25) is 10.0 Å². The van der Waals surface area contributed by atoms with Crippen LogP contribution in [0.4, 0.5) is 5.69 Å². The number of rotatable bonds is 5. The Morgan fingerprint density at radius 2 is 1.78 bits per heavy atom. The van der Waals surface area contributed by atoms with Crippen LogP contribution in [0.25, 0.3) is 0 Å². The number of carbonyl (C=O) groups excluding carboxylic acids is 2. The Morgan fingerprint density at radius 3 is 2.43 bits per heavy atom. The van der Waals surface area contributed by atoms with E-state index < -0.39 is 5.97 Å². The van der Waals surface area contributed by atoms with Gasteiger partial charge in [0.25, 0.3) is 0 Å². The minimum absolute atomic E-state index is 0.203. The minimum atomic E-state index is -0.522. The zero-order valence-electron chi connectivity index (χ0n) is 12.4. The maximum Gasteiger partial charge on any atom is 0.339 e. The fourth-order valence-electron chi connectivity index (χ4n) is 1.96. The fourth-order valence-corrected chi connectivity index (χ4v) is 2.28. The lowest BCUT2D eigenvalue weighted by Gasteiger charge is -2.09. The van der Waals surface area contributed by atoms with E-state index in [0.29, 0.717) is 10.7 Å². The summed E-state index contributed by atoms with van der Waals surface area (Å²) >= 11 is 11.8. The normalized spacial score (nSPS) is 10.2. The van der Waals surface area contributed by atoms with Crippen LogP contribution >= 0.6 is 23.2 Å². The molecular formula is C17H15Cl2NO3. The molecule has 0 bridgehead atoms. The number of amides is 1. The van der Waals surface area contributed by atoms with E-state index in [9.17, 15) is 9.59 Å². The second-order valence-electron chi connectivity index (χ2n) is 4.77. The van der Waals surface area contributed by atoms with Gasteiger partial charge in [0.05, 0.1) is 23.6 Å². The maximum absolute atomic E-state index is 12.1. The molecule has 1 amide bonds. The third-order valence-corrected chi connectivity index (χ3v) is 3.60. The molecule has 0 unspecified atom stereocenters. The number of carbonyl (C=O) groups is 2. The molecule has 2 rings (SSSR count). The predicted octanol–water partition coefficient (Wildman–Crippen LogP) is 4.35. The van der Waals surface area contributed by atoms with Crippen molar-refractivity contribution in [3.05, 3.63) is 63.6 Å². The van der Waals surface area contributed by atoms with Crippen LogP contribution in [0.5, 0.6) is 0 Å². The van der Waals surface area contributed by atoms with E-state index in [1.807, 2.05) is 0 Å². The molecule has 2 aromatic carbocycles. The van der Waals surface area contributed by atoms with Crippen LogP contribution in [0.15, 0.2) is 42.5 Å². The Hall–Kier alpha value is -2.04. The first-order valence-electron chi connectivity index (χ1n) is 7.00. The molecule has 1 N–H and O–H groups in total. The first kappa shape index (κ1) is 17.3. The molecule has 6 heteroatoms. The zero-order valence-corrected chi connectivity index (χ0v) is 13.9. The maximum atomic E-state index is 12.1. The topological polar surface area (TPSA) is 55.4 Å². The third-order valence-electron chi connectivity index (χ3n) is 3.02. The van der Waals surface area contributed by atoms with Crippen LogP contribution in [-0.2, 0) is 16.0 Å². The lowest BCUT2D eigenvalue weighted by molar-refractivity contribution is -0.115. The molecule has 0 saturated carbocycles. The van der Waals surface area contributed by atoms with Gasteiger partial charge < -0.3 is 10.1 Å². The Bertz CT molecular complexity index is 714. The van der Waals surface area contributed by atoms with Gasteiger partial charge in [-0.25, -0.2) is 4.79 Å². The number of benzene rings is 2. The lowest BCUT2D eigenvalue weighted by Crippen LogP contribution is -2.15. The molecule has 120 valence electrons. The molecule has 0 radical (unpaired) electrons. The van der Waals surface area contributed by atoms with Crippen molar-refractivity contribution >= 4 is 40.8 Å². The summed E-state index contributed by atoms with van der Waals surface area (Å²) in [6, 6.07) is 11.7. The average molecular weight is 352 g/mol. The second-order valence-corrected chi connectivity index (χ2v) is 5.61. The predicted molar refractivity (Wildman–Crippen MR) is 91.2 cm³/mol. The second kappa shape index (κ2) is 7.99. The highest BCUT2D eigenvalue weighted by atomic mass is 35.5. The highest BCUT2D eigenvalue weighted by Crippen LogP contribution is 2.22. The Kier molecular flexibility index (Phi) is 6.02. The number of halogens is 2. The number of ether oxygens (including phenoxy) is 1. The summed E-state index contributed by atoms with van der Waals surface area (Å²) in [6.07, 6.45) is 0.203. The Balaban J connectivity index is 2.07. The molecule has 2 aromatic rings. The monoisotopic (exact) mass is 351 g/mol. The van der Waals surface area contributed by atoms with Gasteiger partial charge in [0.2, 0.25) is 5.91 Å². The zero-order chi connectivity index (χ0) is 16.8. The van der Waals surface area contributed by atoms with Gasteiger partial charge in [0.15, 0.2) is 0 Å². The Labute approximate surface area is 144 Å². The standard InChI is InChI=1S/C17H15Cl2NO3/c1-2-23-17(22)14-10-13(7-8-15(14)19)20-16(21)9-11-3-5-12(18)6-4-11/h3-8,10H,2,9H2,1H3,(H,20,21). The summed E-state index contributed by atoms with van der Waals surface area (Å²) in [4.78, 5) is 23.9. The average Bonchev–Trinajstić information content (AvgIpc) is 2.51. The molecule has 0 atom stereocenters. The summed E-state index contributed by atoms with van der Waals surface area (Å²) in [5.74, 6) is -0.726. The fraction of sp³-hybridized carbons (Fsp3) is 0.176.